The molecule has 0 radical (unpaired) electrons. The average molecular weight is 1040 g/mol. The number of halogens is 1. The van der Waals surface area contributed by atoms with Crippen LogP contribution in [0.15, 0.2) is 77.4 Å². The summed E-state index contributed by atoms with van der Waals surface area (Å²) < 4.78 is 13.8. The molecule has 4 N–H and O–H groups in total. The molecule has 8 rings (SSSR count). The molecule has 0 spiro atoms. The number of likely N-dealkylation sites (tertiary alicyclic amines) is 1. The van der Waals surface area contributed by atoms with Gasteiger partial charge in [-0.1, -0.05) is 68.8 Å². The van der Waals surface area contributed by atoms with Crippen LogP contribution in [0.4, 0.5) is 0 Å². The third kappa shape index (κ3) is 11.5. The Hall–Kier alpha value is -6.54. The van der Waals surface area contributed by atoms with Crippen molar-refractivity contribution in [2.45, 2.75) is 112 Å². The summed E-state index contributed by atoms with van der Waals surface area (Å²) in [6.07, 6.45) is 0.104. The number of aliphatic imine (C=N–C) groups is 1. The van der Waals surface area contributed by atoms with Gasteiger partial charge in [-0.15, -0.1) is 32.9 Å². The van der Waals surface area contributed by atoms with Crippen LogP contribution in [0.3, 0.4) is 0 Å². The van der Waals surface area contributed by atoms with Crippen molar-refractivity contribution in [3.8, 4) is 27.1 Å². The maximum atomic E-state index is 14.2. The molecule has 1 fully saturated rings. The van der Waals surface area contributed by atoms with Gasteiger partial charge in [0.15, 0.2) is 12.4 Å². The molecule has 2 aliphatic heterocycles. The number of ether oxygens (including phenoxy) is 2. The van der Waals surface area contributed by atoms with Crippen LogP contribution in [-0.4, -0.2) is 108 Å². The van der Waals surface area contributed by atoms with Gasteiger partial charge < -0.3 is 35.4 Å². The molecule has 4 amide bonds. The number of nitrogens with one attached hydrogen (secondary N) is 3. The van der Waals surface area contributed by atoms with Crippen molar-refractivity contribution >= 4 is 63.6 Å². The molecule has 6 aromatic rings. The normalized spacial score (nSPS) is 17.7. The zero-order chi connectivity index (χ0) is 51.6. The average Bonchev–Trinajstić information content (AvgIpc) is 4.11. The number of β-amino-alcohol motifs (C(OH)–C–C–N with tert-alkyl or cyclic N) is 1. The predicted octanol–water partition coefficient (Wildman–Crippen LogP) is 7.35. The number of fused-ring (bicyclic) bond motifs is 3. The first kappa shape index (κ1) is 51.8. The highest BCUT2D eigenvalue weighted by Crippen LogP contribution is 2.40. The van der Waals surface area contributed by atoms with Gasteiger partial charge in [0.2, 0.25) is 23.6 Å². The van der Waals surface area contributed by atoms with Gasteiger partial charge in [0.25, 0.3) is 5.91 Å². The van der Waals surface area contributed by atoms with Crippen molar-refractivity contribution in [3.05, 3.63) is 122 Å². The summed E-state index contributed by atoms with van der Waals surface area (Å²) in [4.78, 5) is 72.3. The fourth-order valence-electron chi connectivity index (χ4n) is 8.77. The summed E-state index contributed by atoms with van der Waals surface area (Å²) in [5.74, 6) is 0.135. The van der Waals surface area contributed by atoms with Crippen LogP contribution in [0, 0.1) is 33.1 Å². The van der Waals surface area contributed by atoms with Gasteiger partial charge in [0, 0.05) is 40.1 Å². The Kier molecular flexibility index (Phi) is 15.6. The van der Waals surface area contributed by atoms with Crippen molar-refractivity contribution in [1.29, 1.82) is 0 Å². The van der Waals surface area contributed by atoms with Crippen LogP contribution in [0.1, 0.15) is 104 Å². The molecule has 1 saturated heterocycles. The molecule has 0 unspecified atom stereocenters. The standard InChI is InChI=1S/C52H59ClN10O7S2/c1-27(22-54-41(65)21-39-48-61-60-32(6)63(48)51-44(28(2)31(5)72-51)45(58-39)34-14-16-36(53)17-15-34)70-43-19-18-38(23-55-43)69-25-42(66)59-47(52(7,8)9)50(68)62-24-37(64)20-40(62)49(67)57-29(3)33-10-12-35(13-11-33)46-30(4)56-26-71-46/h10-19,23,26-27,29,37,39-40,47,64H,20-22,24-25H2,1-9H3,(H,54,65)(H,57,67)(H,59,66)/t27-,29+,37-,39+,40+,47-/m1/s1. The number of thiazole rings is 1. The summed E-state index contributed by atoms with van der Waals surface area (Å²) in [5.41, 5.74) is 7.63. The predicted molar refractivity (Wildman–Crippen MR) is 277 cm³/mol. The first-order valence-corrected chi connectivity index (χ1v) is 25.8. The van der Waals surface area contributed by atoms with Gasteiger partial charge in [-0.2, -0.15) is 0 Å². The lowest BCUT2D eigenvalue weighted by Crippen LogP contribution is -2.58. The zero-order valence-corrected chi connectivity index (χ0v) is 44.0. The monoisotopic (exact) mass is 1030 g/mol. The number of pyridine rings is 1. The molecule has 0 bridgehead atoms. The number of aliphatic hydroxyl groups excluding tert-OH is 1. The molecule has 6 heterocycles. The number of aromatic nitrogens is 5. The molecular weight excluding hydrogens is 976 g/mol. The van der Waals surface area contributed by atoms with E-state index in [1.54, 1.807) is 41.7 Å². The third-order valence-corrected chi connectivity index (χ3v) is 15.2. The Morgan fingerprint density at radius 2 is 1.64 bits per heavy atom. The molecule has 0 saturated carbocycles. The zero-order valence-electron chi connectivity index (χ0n) is 41.6. The van der Waals surface area contributed by atoms with Crippen LogP contribution < -0.4 is 25.4 Å². The molecule has 2 aromatic carbocycles. The molecule has 20 heteroatoms. The van der Waals surface area contributed by atoms with E-state index < -0.39 is 60.1 Å². The SMILES string of the molecule is Cc1ncsc1-c1ccc([C@H](C)NC(=O)[C@@H]2C[C@@H](O)CN2C(=O)[C@@H](NC(=O)COc2ccc(O[C@H](C)CNC(=O)C[C@@H]3N=C(c4ccc(Cl)cc4)c4c(sc(C)c4C)-n4c(C)nnc43)nc2)C(C)(C)C)cc1. The van der Waals surface area contributed by atoms with Gasteiger partial charge in [-0.05, 0) is 81.8 Å². The largest absolute Gasteiger partial charge is 0.482 e. The highest BCUT2D eigenvalue weighted by molar-refractivity contribution is 7.15. The van der Waals surface area contributed by atoms with E-state index >= 15 is 0 Å². The maximum Gasteiger partial charge on any atom is 0.258 e. The van der Waals surface area contributed by atoms with Gasteiger partial charge >= 0.3 is 0 Å². The van der Waals surface area contributed by atoms with E-state index in [-0.39, 0.29) is 49.5 Å². The van der Waals surface area contributed by atoms with E-state index in [4.69, 9.17) is 26.1 Å². The maximum absolute atomic E-state index is 14.2. The minimum Gasteiger partial charge on any atom is -0.482 e. The Bertz CT molecular complexity index is 2980. The van der Waals surface area contributed by atoms with E-state index in [0.29, 0.717) is 16.7 Å². The number of benzene rings is 2. The number of aryl methyl sites for hydroxylation is 3. The van der Waals surface area contributed by atoms with Gasteiger partial charge in [-0.3, -0.25) is 28.7 Å². The number of hydrogen-bond acceptors (Lipinski definition) is 14. The Balaban J connectivity index is 0.828. The lowest BCUT2D eigenvalue weighted by atomic mass is 9.85. The van der Waals surface area contributed by atoms with Crippen molar-refractivity contribution in [2.24, 2.45) is 10.4 Å². The van der Waals surface area contributed by atoms with E-state index in [9.17, 15) is 24.3 Å². The number of thiophene rings is 1. The minimum atomic E-state index is -1.04. The number of carbonyl (C=O) groups is 4. The Morgan fingerprint density at radius 1 is 0.917 bits per heavy atom. The van der Waals surface area contributed by atoms with Crippen LogP contribution in [0.5, 0.6) is 11.6 Å². The van der Waals surface area contributed by atoms with Gasteiger partial charge in [0.1, 0.15) is 40.8 Å². The fraction of sp³-hybridized carbons (Fsp3) is 0.404. The van der Waals surface area contributed by atoms with Gasteiger partial charge in [-0.25, -0.2) is 9.97 Å². The van der Waals surface area contributed by atoms with E-state index in [1.165, 1.54) is 11.1 Å². The van der Waals surface area contributed by atoms with Crippen molar-refractivity contribution in [1.82, 2.24) is 45.6 Å². The van der Waals surface area contributed by atoms with Crippen molar-refractivity contribution < 1.29 is 33.8 Å². The number of amides is 4. The smallest absolute Gasteiger partial charge is 0.258 e. The number of nitrogens with zero attached hydrogens (tertiary/aromatic N) is 7. The first-order chi connectivity index (χ1) is 34.2. The van der Waals surface area contributed by atoms with E-state index in [1.807, 2.05) is 100 Å². The summed E-state index contributed by atoms with van der Waals surface area (Å²) in [6.45, 7) is 16.8. The number of rotatable bonds is 16. The second-order valence-electron chi connectivity index (χ2n) is 19.3. The van der Waals surface area contributed by atoms with Gasteiger partial charge in [0.05, 0.1) is 53.1 Å². The lowest BCUT2D eigenvalue weighted by molar-refractivity contribution is -0.144. The highest BCUT2D eigenvalue weighted by atomic mass is 35.5. The number of hydrogen-bond donors (Lipinski definition) is 4. The highest BCUT2D eigenvalue weighted by Gasteiger charge is 2.45. The molecule has 6 atom stereocenters. The van der Waals surface area contributed by atoms with Crippen LogP contribution in [0.2, 0.25) is 5.02 Å². The van der Waals surface area contributed by atoms with Crippen LogP contribution >= 0.6 is 34.3 Å². The molecule has 378 valence electrons. The first-order valence-electron chi connectivity index (χ1n) is 23.7. The molecular formula is C52H59ClN10O7S2. The summed E-state index contributed by atoms with van der Waals surface area (Å²) in [6, 6.07) is 15.6. The van der Waals surface area contributed by atoms with Crippen LogP contribution in [0.25, 0.3) is 15.4 Å². The molecule has 4 aromatic heterocycles. The van der Waals surface area contributed by atoms with E-state index in [2.05, 4.69) is 50.0 Å². The van der Waals surface area contributed by atoms with E-state index in [0.717, 1.165) is 54.0 Å². The molecule has 0 aliphatic carbocycles. The Labute approximate surface area is 431 Å². The Morgan fingerprint density at radius 3 is 2.31 bits per heavy atom. The third-order valence-electron chi connectivity index (χ3n) is 12.8. The van der Waals surface area contributed by atoms with Crippen molar-refractivity contribution in [2.75, 3.05) is 19.7 Å². The fourth-order valence-corrected chi connectivity index (χ4v) is 10.9. The molecule has 72 heavy (non-hydrogen) atoms. The summed E-state index contributed by atoms with van der Waals surface area (Å²) in [5, 5.41) is 29.9. The number of aliphatic hydroxyl groups is 1. The minimum absolute atomic E-state index is 0.0153. The lowest BCUT2D eigenvalue weighted by Gasteiger charge is -2.35. The number of carbonyl (C=O) groups excluding carboxylic acids is 4. The van der Waals surface area contributed by atoms with Crippen molar-refractivity contribution in [3.63, 3.8) is 0 Å². The molecule has 17 nitrogen and oxygen atoms in total. The van der Waals surface area contributed by atoms with Crippen LogP contribution in [-0.2, 0) is 19.2 Å². The molecule has 2 aliphatic rings. The second kappa shape index (κ2) is 21.7. The topological polar surface area (TPSA) is 215 Å². The summed E-state index contributed by atoms with van der Waals surface area (Å²) in [7, 11) is 0. The second-order valence-corrected chi connectivity index (χ2v) is 21.8. The summed E-state index contributed by atoms with van der Waals surface area (Å²) >= 11 is 9.46. The quantitative estimate of drug-likeness (QED) is 0.0752.